The Balaban J connectivity index is 1.99. The molecule has 1 fully saturated rings. The van der Waals surface area contributed by atoms with E-state index >= 15 is 0 Å². The SMILES string of the molecule is NC1CCC(c2nc3ccc(Cl)cc3s2)C1. The molecule has 1 aromatic heterocycles. The predicted octanol–water partition coefficient (Wildman–Crippen LogP) is 3.54. The van der Waals surface area contributed by atoms with Crippen LogP contribution in [-0.4, -0.2) is 11.0 Å². The number of hydrogen-bond acceptors (Lipinski definition) is 3. The van der Waals surface area contributed by atoms with Crippen molar-refractivity contribution in [3.05, 3.63) is 28.2 Å². The summed E-state index contributed by atoms with van der Waals surface area (Å²) in [5.41, 5.74) is 7.00. The van der Waals surface area contributed by atoms with Gasteiger partial charge in [0.15, 0.2) is 0 Å². The lowest BCUT2D eigenvalue weighted by molar-refractivity contribution is 0.673. The molecule has 2 atom stereocenters. The second kappa shape index (κ2) is 3.99. The molecule has 1 saturated carbocycles. The number of aromatic nitrogens is 1. The van der Waals surface area contributed by atoms with Gasteiger partial charge in [-0.05, 0) is 37.5 Å². The van der Waals surface area contributed by atoms with Crippen molar-refractivity contribution in [3.8, 4) is 0 Å². The van der Waals surface area contributed by atoms with Crippen molar-refractivity contribution in [3.63, 3.8) is 0 Å². The molecule has 1 aromatic carbocycles. The first-order valence-corrected chi connectivity index (χ1v) is 6.73. The van der Waals surface area contributed by atoms with Crippen LogP contribution in [0.15, 0.2) is 18.2 Å². The molecule has 84 valence electrons. The largest absolute Gasteiger partial charge is 0.328 e. The second-order valence-electron chi connectivity index (χ2n) is 4.43. The van der Waals surface area contributed by atoms with Crippen LogP contribution in [0, 0.1) is 0 Å². The Bertz CT molecular complexity index is 523. The molecule has 3 rings (SSSR count). The van der Waals surface area contributed by atoms with E-state index in [1.807, 2.05) is 18.2 Å². The van der Waals surface area contributed by atoms with E-state index in [1.165, 1.54) is 16.1 Å². The third kappa shape index (κ3) is 1.83. The van der Waals surface area contributed by atoms with Crippen LogP contribution in [0.5, 0.6) is 0 Å². The van der Waals surface area contributed by atoms with Gasteiger partial charge in [0.25, 0.3) is 0 Å². The quantitative estimate of drug-likeness (QED) is 0.843. The number of benzene rings is 1. The van der Waals surface area contributed by atoms with Crippen LogP contribution >= 0.6 is 22.9 Å². The highest BCUT2D eigenvalue weighted by molar-refractivity contribution is 7.18. The molecule has 1 aliphatic carbocycles. The molecule has 1 heterocycles. The number of nitrogens with zero attached hydrogens (tertiary/aromatic N) is 1. The molecule has 2 unspecified atom stereocenters. The Morgan fingerprint density at radius 3 is 3.00 bits per heavy atom. The van der Waals surface area contributed by atoms with Gasteiger partial charge in [0.05, 0.1) is 15.2 Å². The van der Waals surface area contributed by atoms with E-state index < -0.39 is 0 Å². The topological polar surface area (TPSA) is 38.9 Å². The Morgan fingerprint density at radius 2 is 2.25 bits per heavy atom. The molecule has 0 amide bonds. The van der Waals surface area contributed by atoms with Crippen molar-refractivity contribution in [2.45, 2.75) is 31.2 Å². The highest BCUT2D eigenvalue weighted by atomic mass is 35.5. The van der Waals surface area contributed by atoms with Crippen LogP contribution in [0.25, 0.3) is 10.2 Å². The van der Waals surface area contributed by atoms with Crippen LogP contribution in [0.4, 0.5) is 0 Å². The van der Waals surface area contributed by atoms with Crippen LogP contribution in [-0.2, 0) is 0 Å². The molecule has 16 heavy (non-hydrogen) atoms. The smallest absolute Gasteiger partial charge is 0.0970 e. The highest BCUT2D eigenvalue weighted by Gasteiger charge is 2.25. The maximum atomic E-state index is 5.97. The maximum Gasteiger partial charge on any atom is 0.0970 e. The summed E-state index contributed by atoms with van der Waals surface area (Å²) in [5.74, 6) is 0.561. The molecule has 0 spiro atoms. The Morgan fingerprint density at radius 1 is 1.38 bits per heavy atom. The van der Waals surface area contributed by atoms with Gasteiger partial charge in [0.2, 0.25) is 0 Å². The van der Waals surface area contributed by atoms with Crippen molar-refractivity contribution in [2.24, 2.45) is 5.73 Å². The van der Waals surface area contributed by atoms with Gasteiger partial charge >= 0.3 is 0 Å². The first-order valence-electron chi connectivity index (χ1n) is 5.54. The summed E-state index contributed by atoms with van der Waals surface area (Å²) in [4.78, 5) is 4.67. The molecule has 0 radical (unpaired) electrons. The number of rotatable bonds is 1. The van der Waals surface area contributed by atoms with Crippen molar-refractivity contribution >= 4 is 33.2 Å². The minimum Gasteiger partial charge on any atom is -0.328 e. The summed E-state index contributed by atoms with van der Waals surface area (Å²) < 4.78 is 1.18. The van der Waals surface area contributed by atoms with Gasteiger partial charge in [-0.3, -0.25) is 0 Å². The van der Waals surface area contributed by atoms with Crippen molar-refractivity contribution in [1.29, 1.82) is 0 Å². The number of hydrogen-bond donors (Lipinski definition) is 1. The standard InChI is InChI=1S/C12H13ClN2S/c13-8-2-4-10-11(6-8)16-12(15-10)7-1-3-9(14)5-7/h2,4,6-7,9H,1,3,5,14H2. The monoisotopic (exact) mass is 252 g/mol. The minimum absolute atomic E-state index is 0.362. The van der Waals surface area contributed by atoms with Crippen LogP contribution in [0.2, 0.25) is 5.02 Å². The van der Waals surface area contributed by atoms with E-state index in [2.05, 4.69) is 4.98 Å². The predicted molar refractivity (Wildman–Crippen MR) is 69.2 cm³/mol. The van der Waals surface area contributed by atoms with Gasteiger partial charge < -0.3 is 5.73 Å². The number of nitrogens with two attached hydrogens (primary N) is 1. The highest BCUT2D eigenvalue weighted by Crippen LogP contribution is 2.38. The second-order valence-corrected chi connectivity index (χ2v) is 5.93. The molecule has 0 aliphatic heterocycles. The average molecular weight is 253 g/mol. The summed E-state index contributed by atoms with van der Waals surface area (Å²) in [5, 5.41) is 2.01. The van der Waals surface area contributed by atoms with Crippen LogP contribution in [0.3, 0.4) is 0 Å². The fourth-order valence-electron chi connectivity index (χ4n) is 2.33. The zero-order chi connectivity index (χ0) is 11.1. The summed E-state index contributed by atoms with van der Waals surface area (Å²) in [6.45, 7) is 0. The first-order chi connectivity index (χ1) is 7.72. The molecule has 0 saturated heterocycles. The van der Waals surface area contributed by atoms with E-state index in [1.54, 1.807) is 11.3 Å². The van der Waals surface area contributed by atoms with E-state index in [4.69, 9.17) is 17.3 Å². The van der Waals surface area contributed by atoms with E-state index in [0.717, 1.165) is 23.4 Å². The molecule has 1 aliphatic rings. The molecule has 0 bridgehead atoms. The van der Waals surface area contributed by atoms with Gasteiger partial charge in [-0.1, -0.05) is 11.6 Å². The van der Waals surface area contributed by atoms with Gasteiger partial charge in [-0.15, -0.1) is 11.3 Å². The lowest BCUT2D eigenvalue weighted by atomic mass is 10.1. The Kier molecular flexibility index (Phi) is 2.62. The number of fused-ring (bicyclic) bond motifs is 1. The lowest BCUT2D eigenvalue weighted by Gasteiger charge is -2.03. The summed E-state index contributed by atoms with van der Waals surface area (Å²) >= 11 is 7.73. The van der Waals surface area contributed by atoms with Gasteiger partial charge in [-0.25, -0.2) is 4.98 Å². The lowest BCUT2D eigenvalue weighted by Crippen LogP contribution is -2.14. The zero-order valence-electron chi connectivity index (χ0n) is 8.82. The normalized spacial score (nSPS) is 25.4. The van der Waals surface area contributed by atoms with E-state index in [9.17, 15) is 0 Å². The van der Waals surface area contributed by atoms with Gasteiger partial charge in [0, 0.05) is 17.0 Å². The zero-order valence-corrected chi connectivity index (χ0v) is 10.4. The van der Waals surface area contributed by atoms with Crippen molar-refractivity contribution in [2.75, 3.05) is 0 Å². The van der Waals surface area contributed by atoms with Crippen molar-refractivity contribution < 1.29 is 0 Å². The van der Waals surface area contributed by atoms with Crippen molar-refractivity contribution in [1.82, 2.24) is 4.98 Å². The fraction of sp³-hybridized carbons (Fsp3) is 0.417. The number of thiazole rings is 1. The summed E-state index contributed by atoms with van der Waals surface area (Å²) in [7, 11) is 0. The first kappa shape index (κ1) is 10.5. The molecule has 4 heteroatoms. The average Bonchev–Trinajstić information content (AvgIpc) is 2.83. The maximum absolute atomic E-state index is 5.97. The molecular formula is C12H13ClN2S. The van der Waals surface area contributed by atoms with Gasteiger partial charge in [-0.2, -0.15) is 0 Å². The fourth-order valence-corrected chi connectivity index (χ4v) is 3.72. The number of halogens is 1. The van der Waals surface area contributed by atoms with E-state index in [-0.39, 0.29) is 0 Å². The summed E-state index contributed by atoms with van der Waals surface area (Å²) in [6.07, 6.45) is 3.38. The van der Waals surface area contributed by atoms with E-state index in [0.29, 0.717) is 12.0 Å². The van der Waals surface area contributed by atoms with Gasteiger partial charge in [0.1, 0.15) is 0 Å². The molecule has 2 N–H and O–H groups in total. The molecule has 2 nitrogen and oxygen atoms in total. The van der Waals surface area contributed by atoms with Crippen LogP contribution < -0.4 is 5.73 Å². The molecule has 2 aromatic rings. The third-order valence-corrected chi connectivity index (χ3v) is 4.61. The molecular weight excluding hydrogens is 240 g/mol. The summed E-state index contributed by atoms with van der Waals surface area (Å²) in [6, 6.07) is 6.24. The minimum atomic E-state index is 0.362. The van der Waals surface area contributed by atoms with Crippen LogP contribution in [0.1, 0.15) is 30.2 Å². The third-order valence-electron chi connectivity index (χ3n) is 3.19. The Labute approximate surface area is 103 Å². The Hall–Kier alpha value is -0.640.